The van der Waals surface area contributed by atoms with Crippen molar-refractivity contribution in [2.45, 2.75) is 6.54 Å². The van der Waals surface area contributed by atoms with Crippen molar-refractivity contribution in [3.63, 3.8) is 0 Å². The minimum atomic E-state index is -0.439. The van der Waals surface area contributed by atoms with Gasteiger partial charge in [0.05, 0.1) is 30.8 Å². The van der Waals surface area contributed by atoms with Crippen LogP contribution in [0.4, 0.5) is 5.69 Å². The first-order valence-electron chi connectivity index (χ1n) is 7.06. The largest absolute Gasteiger partial charge is 0.496 e. The monoisotopic (exact) mass is 309 g/mol. The van der Waals surface area contributed by atoms with E-state index in [1.54, 1.807) is 12.3 Å². The van der Waals surface area contributed by atoms with E-state index in [9.17, 15) is 10.1 Å². The van der Waals surface area contributed by atoms with Crippen LogP contribution in [0.2, 0.25) is 0 Å². The predicted octanol–water partition coefficient (Wildman–Crippen LogP) is 3.52. The van der Waals surface area contributed by atoms with Crippen molar-refractivity contribution in [3.8, 4) is 16.9 Å². The Kier molecular flexibility index (Phi) is 4.05. The summed E-state index contributed by atoms with van der Waals surface area (Å²) in [5, 5.41) is 15.2. The molecule has 6 nitrogen and oxygen atoms in total. The number of rotatable bonds is 5. The molecule has 0 saturated carbocycles. The van der Waals surface area contributed by atoms with Crippen LogP contribution in [0.15, 0.2) is 60.9 Å². The Labute approximate surface area is 133 Å². The smallest absolute Gasteiger partial charge is 0.273 e. The molecule has 0 N–H and O–H groups in total. The number of methoxy groups -OCH3 is 1. The Morgan fingerprint density at radius 2 is 2.00 bits per heavy atom. The molecule has 0 fully saturated rings. The predicted molar refractivity (Wildman–Crippen MR) is 86.4 cm³/mol. The van der Waals surface area contributed by atoms with Crippen LogP contribution in [0.5, 0.6) is 5.75 Å². The molecule has 3 aromatic rings. The molecular weight excluding hydrogens is 294 g/mol. The number of hydrogen-bond donors (Lipinski definition) is 0. The average molecular weight is 309 g/mol. The molecule has 0 unspecified atom stereocenters. The van der Waals surface area contributed by atoms with Gasteiger partial charge in [-0.15, -0.1) is 0 Å². The second kappa shape index (κ2) is 6.31. The maximum Gasteiger partial charge on any atom is 0.273 e. The highest BCUT2D eigenvalue weighted by molar-refractivity contribution is 5.71. The van der Waals surface area contributed by atoms with Crippen molar-refractivity contribution >= 4 is 5.69 Å². The third-order valence-electron chi connectivity index (χ3n) is 3.53. The van der Waals surface area contributed by atoms with Crippen LogP contribution in [0, 0.1) is 10.1 Å². The molecule has 0 radical (unpaired) electrons. The fourth-order valence-corrected chi connectivity index (χ4v) is 2.39. The van der Waals surface area contributed by atoms with Crippen molar-refractivity contribution in [3.05, 3.63) is 76.6 Å². The number of ether oxygens (including phenoxy) is 1. The fourth-order valence-electron chi connectivity index (χ4n) is 2.39. The van der Waals surface area contributed by atoms with Crippen LogP contribution >= 0.6 is 0 Å². The Morgan fingerprint density at radius 3 is 2.70 bits per heavy atom. The van der Waals surface area contributed by atoms with Gasteiger partial charge in [0.2, 0.25) is 0 Å². The zero-order valence-corrected chi connectivity index (χ0v) is 12.5. The van der Waals surface area contributed by atoms with E-state index in [1.165, 1.54) is 19.2 Å². The van der Waals surface area contributed by atoms with Crippen molar-refractivity contribution in [2.75, 3.05) is 7.11 Å². The van der Waals surface area contributed by atoms with Crippen molar-refractivity contribution in [1.82, 2.24) is 9.78 Å². The maximum atomic E-state index is 10.9. The van der Waals surface area contributed by atoms with Crippen LogP contribution in [0.3, 0.4) is 0 Å². The van der Waals surface area contributed by atoms with Crippen LogP contribution in [0.1, 0.15) is 5.56 Å². The highest BCUT2D eigenvalue weighted by Gasteiger charge is 2.14. The van der Waals surface area contributed by atoms with E-state index in [0.29, 0.717) is 12.3 Å². The van der Waals surface area contributed by atoms with Gasteiger partial charge in [-0.3, -0.25) is 14.8 Å². The third kappa shape index (κ3) is 3.21. The molecule has 0 amide bonds. The molecule has 0 bridgehead atoms. The molecule has 2 aromatic carbocycles. The van der Waals surface area contributed by atoms with Gasteiger partial charge in [0, 0.05) is 23.4 Å². The van der Waals surface area contributed by atoms with Gasteiger partial charge >= 0.3 is 0 Å². The van der Waals surface area contributed by atoms with Gasteiger partial charge in [-0.2, -0.15) is 5.10 Å². The number of nitro groups is 1. The van der Waals surface area contributed by atoms with E-state index in [2.05, 4.69) is 5.10 Å². The summed E-state index contributed by atoms with van der Waals surface area (Å²) in [7, 11) is 1.50. The second-order valence-corrected chi connectivity index (χ2v) is 5.05. The summed E-state index contributed by atoms with van der Waals surface area (Å²) in [5.41, 5.74) is 2.78. The minimum Gasteiger partial charge on any atom is -0.496 e. The van der Waals surface area contributed by atoms with E-state index < -0.39 is 4.92 Å². The average Bonchev–Trinajstić information content (AvgIpc) is 3.03. The molecule has 6 heteroatoms. The lowest BCUT2D eigenvalue weighted by Gasteiger charge is -2.06. The first-order valence-corrected chi connectivity index (χ1v) is 7.06. The molecule has 116 valence electrons. The highest BCUT2D eigenvalue weighted by Crippen LogP contribution is 2.32. The number of nitro benzene ring substituents is 1. The van der Waals surface area contributed by atoms with E-state index in [4.69, 9.17) is 4.74 Å². The molecule has 0 spiro atoms. The summed E-state index contributed by atoms with van der Waals surface area (Å²) >= 11 is 0. The first kappa shape index (κ1) is 14.8. The molecular formula is C17H15N3O3. The van der Waals surface area contributed by atoms with Crippen LogP contribution in [-0.4, -0.2) is 21.8 Å². The fraction of sp³-hybridized carbons (Fsp3) is 0.118. The number of benzene rings is 2. The third-order valence-corrected chi connectivity index (χ3v) is 3.53. The standard InChI is InChI=1S/C17H15N3O3/c1-23-17-9-15(20(21)22)7-8-16(17)14-10-18-19(12-14)11-13-5-3-2-4-6-13/h2-10,12H,11H2,1H3. The number of non-ortho nitro benzene ring substituents is 1. The van der Waals surface area contributed by atoms with Gasteiger partial charge in [0.25, 0.3) is 5.69 Å². The van der Waals surface area contributed by atoms with Crippen molar-refractivity contribution in [2.24, 2.45) is 0 Å². The Bertz CT molecular complexity index is 828. The highest BCUT2D eigenvalue weighted by atomic mass is 16.6. The van der Waals surface area contributed by atoms with Gasteiger partial charge in [-0.1, -0.05) is 30.3 Å². The summed E-state index contributed by atoms with van der Waals surface area (Å²) in [6, 6.07) is 14.6. The first-order chi connectivity index (χ1) is 11.2. The van der Waals surface area contributed by atoms with E-state index in [-0.39, 0.29) is 5.69 Å². The molecule has 3 rings (SSSR count). The van der Waals surface area contributed by atoms with Gasteiger partial charge in [-0.05, 0) is 11.6 Å². The summed E-state index contributed by atoms with van der Waals surface area (Å²) < 4.78 is 7.10. The Balaban J connectivity index is 1.89. The zero-order valence-electron chi connectivity index (χ0n) is 12.5. The van der Waals surface area contributed by atoms with Crippen molar-refractivity contribution in [1.29, 1.82) is 0 Å². The van der Waals surface area contributed by atoms with Crippen molar-refractivity contribution < 1.29 is 9.66 Å². The van der Waals surface area contributed by atoms with E-state index >= 15 is 0 Å². The van der Waals surface area contributed by atoms with Crippen LogP contribution < -0.4 is 4.74 Å². The summed E-state index contributed by atoms with van der Waals surface area (Å²) in [5.74, 6) is 0.457. The molecule has 1 heterocycles. The van der Waals surface area contributed by atoms with E-state index in [1.807, 2.05) is 41.2 Å². The quantitative estimate of drug-likeness (QED) is 0.534. The molecule has 0 aliphatic rings. The van der Waals surface area contributed by atoms with Gasteiger partial charge in [0.1, 0.15) is 5.75 Å². The van der Waals surface area contributed by atoms with Crippen LogP contribution in [0.25, 0.3) is 11.1 Å². The summed E-state index contributed by atoms with van der Waals surface area (Å²) in [6.45, 7) is 0.663. The van der Waals surface area contributed by atoms with Crippen LogP contribution in [-0.2, 0) is 6.54 Å². The lowest BCUT2D eigenvalue weighted by Crippen LogP contribution is -1.99. The molecule has 0 aliphatic heterocycles. The Hall–Kier alpha value is -3.15. The molecule has 23 heavy (non-hydrogen) atoms. The minimum absolute atomic E-state index is 0.00211. The lowest BCUT2D eigenvalue weighted by atomic mass is 10.1. The topological polar surface area (TPSA) is 70.2 Å². The molecule has 0 aliphatic carbocycles. The lowest BCUT2D eigenvalue weighted by molar-refractivity contribution is -0.384. The SMILES string of the molecule is COc1cc([N+](=O)[O-])ccc1-c1cnn(Cc2ccccc2)c1. The number of nitrogens with zero attached hydrogens (tertiary/aromatic N) is 3. The molecule has 0 atom stereocenters. The van der Waals surface area contributed by atoms with Gasteiger partial charge < -0.3 is 4.74 Å². The number of hydrogen-bond acceptors (Lipinski definition) is 4. The van der Waals surface area contributed by atoms with Gasteiger partial charge in [0.15, 0.2) is 0 Å². The maximum absolute atomic E-state index is 10.9. The normalized spacial score (nSPS) is 10.5. The van der Waals surface area contributed by atoms with Gasteiger partial charge in [-0.25, -0.2) is 0 Å². The summed E-state index contributed by atoms with van der Waals surface area (Å²) in [6.07, 6.45) is 3.63. The number of aromatic nitrogens is 2. The Morgan fingerprint density at radius 1 is 1.22 bits per heavy atom. The van der Waals surface area contributed by atoms with E-state index in [0.717, 1.165) is 16.7 Å². The summed E-state index contributed by atoms with van der Waals surface area (Å²) in [4.78, 5) is 10.4. The zero-order chi connectivity index (χ0) is 16.2. The molecule has 0 saturated heterocycles. The molecule has 1 aromatic heterocycles. The second-order valence-electron chi connectivity index (χ2n) is 5.05.